The summed E-state index contributed by atoms with van der Waals surface area (Å²) in [5, 5.41) is 3.56. The molecular weight excluding hydrogens is 258 g/mol. The molecule has 1 unspecified atom stereocenters. The Bertz CT molecular complexity index is 398. The maximum absolute atomic E-state index is 5.99. The van der Waals surface area contributed by atoms with Crippen molar-refractivity contribution >= 4 is 0 Å². The Kier molecular flexibility index (Phi) is 7.08. The SMILES string of the molecule is CCC(C)c1ccccc1OCCNCC1CCCCC1. The van der Waals surface area contributed by atoms with Gasteiger partial charge in [-0.15, -0.1) is 0 Å². The molecule has 0 amide bonds. The number of ether oxygens (including phenoxy) is 1. The van der Waals surface area contributed by atoms with Crippen LogP contribution in [0, 0.1) is 5.92 Å². The largest absolute Gasteiger partial charge is 0.492 e. The van der Waals surface area contributed by atoms with E-state index in [1.807, 2.05) is 0 Å². The van der Waals surface area contributed by atoms with Crippen molar-refractivity contribution in [3.8, 4) is 5.75 Å². The average molecular weight is 289 g/mol. The Morgan fingerprint density at radius 3 is 2.71 bits per heavy atom. The molecule has 2 heteroatoms. The average Bonchev–Trinajstić information content (AvgIpc) is 2.55. The standard InChI is InChI=1S/C19H31NO/c1-3-16(2)18-11-7-8-12-19(18)21-14-13-20-15-17-9-5-4-6-10-17/h7-8,11-12,16-17,20H,3-6,9-10,13-15H2,1-2H3. The van der Waals surface area contributed by atoms with Gasteiger partial charge in [0, 0.05) is 6.54 Å². The number of hydrogen-bond acceptors (Lipinski definition) is 2. The highest BCUT2D eigenvalue weighted by molar-refractivity contribution is 5.35. The fourth-order valence-electron chi connectivity index (χ4n) is 3.17. The lowest BCUT2D eigenvalue weighted by Gasteiger charge is -2.22. The van der Waals surface area contributed by atoms with Gasteiger partial charge in [-0.3, -0.25) is 0 Å². The topological polar surface area (TPSA) is 21.3 Å². The minimum atomic E-state index is 0.566. The molecule has 1 aliphatic carbocycles. The van der Waals surface area contributed by atoms with E-state index in [4.69, 9.17) is 4.74 Å². The fraction of sp³-hybridized carbons (Fsp3) is 0.684. The molecule has 0 radical (unpaired) electrons. The summed E-state index contributed by atoms with van der Waals surface area (Å²) < 4.78 is 5.99. The second-order valence-corrected chi connectivity index (χ2v) is 6.40. The molecule has 0 spiro atoms. The first-order valence-electron chi connectivity index (χ1n) is 8.73. The van der Waals surface area contributed by atoms with E-state index in [0.29, 0.717) is 5.92 Å². The van der Waals surface area contributed by atoms with Gasteiger partial charge in [-0.05, 0) is 49.3 Å². The molecule has 0 aliphatic heterocycles. The van der Waals surface area contributed by atoms with E-state index in [1.165, 1.54) is 37.7 Å². The molecule has 0 bridgehead atoms. The minimum Gasteiger partial charge on any atom is -0.492 e. The van der Waals surface area contributed by atoms with E-state index in [-0.39, 0.29) is 0 Å². The number of benzene rings is 1. The molecule has 1 aliphatic rings. The summed E-state index contributed by atoms with van der Waals surface area (Å²) in [7, 11) is 0. The molecule has 1 N–H and O–H groups in total. The van der Waals surface area contributed by atoms with Gasteiger partial charge in [0.25, 0.3) is 0 Å². The van der Waals surface area contributed by atoms with Crippen LogP contribution in [0.5, 0.6) is 5.75 Å². The van der Waals surface area contributed by atoms with E-state index in [0.717, 1.165) is 37.8 Å². The summed E-state index contributed by atoms with van der Waals surface area (Å²) in [6.45, 7) is 7.37. The lowest BCUT2D eigenvalue weighted by molar-refractivity contribution is 0.291. The van der Waals surface area contributed by atoms with E-state index >= 15 is 0 Å². The Morgan fingerprint density at radius 2 is 1.95 bits per heavy atom. The van der Waals surface area contributed by atoms with E-state index in [1.54, 1.807) is 0 Å². The van der Waals surface area contributed by atoms with E-state index < -0.39 is 0 Å². The highest BCUT2D eigenvalue weighted by Gasteiger charge is 2.12. The molecule has 0 aromatic heterocycles. The van der Waals surface area contributed by atoms with Crippen LogP contribution in [0.15, 0.2) is 24.3 Å². The molecule has 1 aromatic rings. The van der Waals surface area contributed by atoms with Crippen LogP contribution in [0.3, 0.4) is 0 Å². The van der Waals surface area contributed by atoms with Crippen LogP contribution in [0.2, 0.25) is 0 Å². The zero-order valence-electron chi connectivity index (χ0n) is 13.7. The van der Waals surface area contributed by atoms with Crippen LogP contribution in [0.25, 0.3) is 0 Å². The molecule has 1 fully saturated rings. The summed E-state index contributed by atoms with van der Waals surface area (Å²) in [5.74, 6) is 2.52. The van der Waals surface area contributed by atoms with Gasteiger partial charge in [-0.1, -0.05) is 51.3 Å². The van der Waals surface area contributed by atoms with Gasteiger partial charge in [-0.25, -0.2) is 0 Å². The van der Waals surface area contributed by atoms with Crippen molar-refractivity contribution in [2.24, 2.45) is 5.92 Å². The van der Waals surface area contributed by atoms with E-state index in [2.05, 4.69) is 43.4 Å². The zero-order chi connectivity index (χ0) is 14.9. The normalized spacial score (nSPS) is 17.6. The summed E-state index contributed by atoms with van der Waals surface area (Å²) >= 11 is 0. The van der Waals surface area contributed by atoms with Crippen LogP contribution >= 0.6 is 0 Å². The first-order valence-corrected chi connectivity index (χ1v) is 8.73. The highest BCUT2D eigenvalue weighted by atomic mass is 16.5. The summed E-state index contributed by atoms with van der Waals surface area (Å²) in [4.78, 5) is 0. The van der Waals surface area contributed by atoms with Crippen molar-refractivity contribution in [2.45, 2.75) is 58.3 Å². The van der Waals surface area contributed by atoms with Crippen LogP contribution < -0.4 is 10.1 Å². The van der Waals surface area contributed by atoms with Crippen molar-refractivity contribution in [3.05, 3.63) is 29.8 Å². The maximum Gasteiger partial charge on any atom is 0.122 e. The molecular formula is C19H31NO. The quantitative estimate of drug-likeness (QED) is 0.697. The summed E-state index contributed by atoms with van der Waals surface area (Å²) in [6, 6.07) is 8.47. The smallest absolute Gasteiger partial charge is 0.122 e. The second kappa shape index (κ2) is 9.09. The third kappa shape index (κ3) is 5.35. The lowest BCUT2D eigenvalue weighted by Crippen LogP contribution is -2.28. The predicted octanol–water partition coefficient (Wildman–Crippen LogP) is 4.75. The zero-order valence-corrected chi connectivity index (χ0v) is 13.7. The van der Waals surface area contributed by atoms with Gasteiger partial charge in [0.1, 0.15) is 12.4 Å². The number of hydrogen-bond donors (Lipinski definition) is 1. The Hall–Kier alpha value is -1.02. The molecule has 1 aromatic carbocycles. The van der Waals surface area contributed by atoms with Crippen LogP contribution in [0.1, 0.15) is 63.9 Å². The summed E-state index contributed by atoms with van der Waals surface area (Å²) in [6.07, 6.45) is 8.25. The third-order valence-corrected chi connectivity index (χ3v) is 4.76. The molecule has 0 heterocycles. The first kappa shape index (κ1) is 16.4. The van der Waals surface area contributed by atoms with E-state index in [9.17, 15) is 0 Å². The van der Waals surface area contributed by atoms with Gasteiger partial charge in [0.2, 0.25) is 0 Å². The number of para-hydroxylation sites is 1. The first-order chi connectivity index (χ1) is 10.3. The monoisotopic (exact) mass is 289 g/mol. The molecule has 118 valence electrons. The van der Waals surface area contributed by atoms with Gasteiger partial charge in [0.05, 0.1) is 0 Å². The van der Waals surface area contributed by atoms with Crippen molar-refractivity contribution in [1.29, 1.82) is 0 Å². The van der Waals surface area contributed by atoms with Crippen molar-refractivity contribution in [1.82, 2.24) is 5.32 Å². The molecule has 1 saturated carbocycles. The second-order valence-electron chi connectivity index (χ2n) is 6.40. The third-order valence-electron chi connectivity index (χ3n) is 4.76. The molecule has 2 rings (SSSR count). The van der Waals surface area contributed by atoms with Gasteiger partial charge in [-0.2, -0.15) is 0 Å². The Morgan fingerprint density at radius 1 is 1.19 bits per heavy atom. The van der Waals surface area contributed by atoms with Gasteiger partial charge in [0.15, 0.2) is 0 Å². The highest BCUT2D eigenvalue weighted by Crippen LogP contribution is 2.28. The molecule has 1 atom stereocenters. The van der Waals surface area contributed by atoms with Crippen molar-refractivity contribution < 1.29 is 4.74 Å². The van der Waals surface area contributed by atoms with Crippen LogP contribution in [0.4, 0.5) is 0 Å². The Balaban J connectivity index is 1.68. The number of nitrogens with one attached hydrogen (secondary N) is 1. The predicted molar refractivity (Wildman–Crippen MR) is 90.1 cm³/mol. The number of rotatable bonds is 8. The van der Waals surface area contributed by atoms with Crippen molar-refractivity contribution in [2.75, 3.05) is 19.7 Å². The minimum absolute atomic E-state index is 0.566. The van der Waals surface area contributed by atoms with Crippen LogP contribution in [-0.4, -0.2) is 19.7 Å². The van der Waals surface area contributed by atoms with Crippen molar-refractivity contribution in [3.63, 3.8) is 0 Å². The lowest BCUT2D eigenvalue weighted by atomic mass is 9.89. The fourth-order valence-corrected chi connectivity index (χ4v) is 3.17. The Labute approximate surface area is 130 Å². The molecule has 2 nitrogen and oxygen atoms in total. The maximum atomic E-state index is 5.99. The summed E-state index contributed by atoms with van der Waals surface area (Å²) in [5.41, 5.74) is 1.34. The van der Waals surface area contributed by atoms with Gasteiger partial charge < -0.3 is 10.1 Å². The van der Waals surface area contributed by atoms with Crippen LogP contribution in [-0.2, 0) is 0 Å². The molecule has 21 heavy (non-hydrogen) atoms. The van der Waals surface area contributed by atoms with Gasteiger partial charge >= 0.3 is 0 Å². The molecule has 0 saturated heterocycles.